The van der Waals surface area contributed by atoms with E-state index in [0.717, 1.165) is 30.4 Å². The van der Waals surface area contributed by atoms with Crippen LogP contribution in [0.2, 0.25) is 0 Å². The smallest absolute Gasteiger partial charge is 0.258 e. The lowest BCUT2D eigenvalue weighted by Gasteiger charge is -2.27. The highest BCUT2D eigenvalue weighted by molar-refractivity contribution is 5.96. The largest absolute Gasteiger partial charge is 0.479 e. The lowest BCUT2D eigenvalue weighted by atomic mass is 10.1. The summed E-state index contributed by atoms with van der Waals surface area (Å²) in [5.74, 6) is 0.830. The van der Waals surface area contributed by atoms with Crippen molar-refractivity contribution >= 4 is 11.9 Å². The monoisotopic (exact) mass is 344 g/mol. The van der Waals surface area contributed by atoms with Gasteiger partial charge in [-0.1, -0.05) is 0 Å². The Morgan fingerprint density at radius 3 is 2.76 bits per heavy atom. The van der Waals surface area contributed by atoms with Crippen molar-refractivity contribution in [2.75, 3.05) is 25.1 Å². The normalized spacial score (nSPS) is 14.4. The molecule has 1 saturated heterocycles. The van der Waals surface area contributed by atoms with Gasteiger partial charge in [-0.05, 0) is 32.3 Å². The molecular weight excluding hydrogens is 320 g/mol. The number of anilines is 1. The van der Waals surface area contributed by atoms with Gasteiger partial charge in [0.15, 0.2) is 0 Å². The first-order chi connectivity index (χ1) is 12.1. The number of nitrogens with one attached hydrogen (secondary N) is 1. The first kappa shape index (κ1) is 17.2. The molecule has 8 nitrogen and oxygen atoms in total. The third-order valence-electron chi connectivity index (χ3n) is 4.20. The summed E-state index contributed by atoms with van der Waals surface area (Å²) in [5.41, 5.74) is 2.11. The number of carbonyl (C=O) groups is 1. The van der Waals surface area contributed by atoms with E-state index in [-0.39, 0.29) is 5.91 Å². The molecule has 1 fully saturated rings. The van der Waals surface area contributed by atoms with E-state index < -0.39 is 0 Å². The van der Waals surface area contributed by atoms with Gasteiger partial charge >= 0.3 is 0 Å². The van der Waals surface area contributed by atoms with Gasteiger partial charge in [-0.2, -0.15) is 0 Å². The predicted molar refractivity (Wildman–Crippen MR) is 93.8 cm³/mol. The molecule has 0 aromatic carbocycles. The Kier molecular flexibility index (Phi) is 5.16. The van der Waals surface area contributed by atoms with Crippen LogP contribution < -0.4 is 15.0 Å². The average molecular weight is 344 g/mol. The standard InChI is InChI=1S/C17H24N6O2/c1-12-9-13(20-17(19-12)23-7-5-4-6-8-23)10-18-15(24)14-11-22(2)21-16(14)25-3/h9,11H,4-8,10H2,1-3H3,(H,18,24). The van der Waals surface area contributed by atoms with E-state index in [1.807, 2.05) is 13.0 Å². The van der Waals surface area contributed by atoms with Gasteiger partial charge in [0.25, 0.3) is 5.91 Å². The summed E-state index contributed by atoms with van der Waals surface area (Å²) >= 11 is 0. The van der Waals surface area contributed by atoms with Crippen LogP contribution in [-0.2, 0) is 13.6 Å². The van der Waals surface area contributed by atoms with E-state index in [4.69, 9.17) is 4.74 Å². The van der Waals surface area contributed by atoms with Gasteiger partial charge in [0.2, 0.25) is 11.8 Å². The van der Waals surface area contributed by atoms with Crippen LogP contribution in [0.25, 0.3) is 0 Å². The van der Waals surface area contributed by atoms with Gasteiger partial charge in [-0.3, -0.25) is 9.48 Å². The molecule has 8 heteroatoms. The molecule has 1 aliphatic heterocycles. The van der Waals surface area contributed by atoms with E-state index in [1.165, 1.54) is 26.4 Å². The van der Waals surface area contributed by atoms with Crippen LogP contribution in [0.4, 0.5) is 5.95 Å². The maximum absolute atomic E-state index is 12.4. The summed E-state index contributed by atoms with van der Waals surface area (Å²) in [6, 6.07) is 1.90. The number of amides is 1. The molecule has 0 unspecified atom stereocenters. The second-order valence-electron chi connectivity index (χ2n) is 6.26. The van der Waals surface area contributed by atoms with E-state index in [9.17, 15) is 4.79 Å². The van der Waals surface area contributed by atoms with E-state index in [0.29, 0.717) is 18.0 Å². The lowest BCUT2D eigenvalue weighted by Crippen LogP contribution is -2.32. The molecule has 0 atom stereocenters. The minimum atomic E-state index is -0.235. The van der Waals surface area contributed by atoms with Crippen molar-refractivity contribution in [2.24, 2.45) is 7.05 Å². The first-order valence-corrected chi connectivity index (χ1v) is 8.52. The fourth-order valence-electron chi connectivity index (χ4n) is 2.98. The molecule has 25 heavy (non-hydrogen) atoms. The highest BCUT2D eigenvalue weighted by atomic mass is 16.5. The molecular formula is C17H24N6O2. The molecule has 0 saturated carbocycles. The van der Waals surface area contributed by atoms with Gasteiger partial charge in [-0.25, -0.2) is 9.97 Å². The highest BCUT2D eigenvalue weighted by Crippen LogP contribution is 2.17. The number of aryl methyl sites for hydroxylation is 2. The second kappa shape index (κ2) is 7.50. The van der Waals surface area contributed by atoms with Crippen molar-refractivity contribution in [1.82, 2.24) is 25.1 Å². The van der Waals surface area contributed by atoms with E-state index >= 15 is 0 Å². The summed E-state index contributed by atoms with van der Waals surface area (Å²) < 4.78 is 6.68. The summed E-state index contributed by atoms with van der Waals surface area (Å²) in [5, 5.41) is 6.98. The number of carbonyl (C=O) groups excluding carboxylic acids is 1. The van der Waals surface area contributed by atoms with Gasteiger partial charge in [0, 0.05) is 32.0 Å². The molecule has 0 bridgehead atoms. The van der Waals surface area contributed by atoms with Crippen LogP contribution in [0.3, 0.4) is 0 Å². The lowest BCUT2D eigenvalue weighted by molar-refractivity contribution is 0.0947. The Morgan fingerprint density at radius 2 is 2.04 bits per heavy atom. The molecule has 0 radical (unpaired) electrons. The second-order valence-corrected chi connectivity index (χ2v) is 6.26. The molecule has 1 aliphatic rings. The molecule has 2 aromatic rings. The molecule has 3 rings (SSSR count). The topological polar surface area (TPSA) is 85.2 Å². The predicted octanol–water partition coefficient (Wildman–Crippen LogP) is 1.45. The summed E-state index contributed by atoms with van der Waals surface area (Å²) in [6.07, 6.45) is 5.24. The third-order valence-corrected chi connectivity index (χ3v) is 4.20. The van der Waals surface area contributed by atoms with Gasteiger partial charge in [0.05, 0.1) is 19.3 Å². The summed E-state index contributed by atoms with van der Waals surface area (Å²) in [4.78, 5) is 23.8. The molecule has 3 heterocycles. The number of ether oxygens (including phenoxy) is 1. The zero-order valence-corrected chi connectivity index (χ0v) is 14.9. The number of piperidine rings is 1. The number of nitrogens with zero attached hydrogens (tertiary/aromatic N) is 5. The number of rotatable bonds is 5. The van der Waals surface area contributed by atoms with Crippen molar-refractivity contribution in [3.05, 3.63) is 29.2 Å². The van der Waals surface area contributed by atoms with Gasteiger partial charge in [-0.15, -0.1) is 5.10 Å². The molecule has 1 amide bonds. The van der Waals surface area contributed by atoms with Crippen molar-refractivity contribution in [1.29, 1.82) is 0 Å². The summed E-state index contributed by atoms with van der Waals surface area (Å²) in [6.45, 7) is 4.26. The van der Waals surface area contributed by atoms with Gasteiger partial charge < -0.3 is 15.0 Å². The van der Waals surface area contributed by atoms with Crippen molar-refractivity contribution < 1.29 is 9.53 Å². The summed E-state index contributed by atoms with van der Waals surface area (Å²) in [7, 11) is 3.25. The van der Waals surface area contributed by atoms with E-state index in [2.05, 4.69) is 25.3 Å². The molecule has 1 N–H and O–H groups in total. The van der Waals surface area contributed by atoms with Crippen molar-refractivity contribution in [2.45, 2.75) is 32.7 Å². The fraction of sp³-hybridized carbons (Fsp3) is 0.529. The average Bonchev–Trinajstić information content (AvgIpc) is 3.01. The Balaban J connectivity index is 1.70. The van der Waals surface area contributed by atoms with Crippen LogP contribution in [0.1, 0.15) is 41.0 Å². The number of hydrogen-bond acceptors (Lipinski definition) is 6. The molecule has 0 spiro atoms. The quantitative estimate of drug-likeness (QED) is 0.884. The van der Waals surface area contributed by atoms with Crippen LogP contribution in [0.5, 0.6) is 5.88 Å². The van der Waals surface area contributed by atoms with Crippen LogP contribution in [0.15, 0.2) is 12.3 Å². The van der Waals surface area contributed by atoms with Crippen molar-refractivity contribution in [3.8, 4) is 5.88 Å². The Labute approximate surface area is 147 Å². The minimum absolute atomic E-state index is 0.235. The molecule has 134 valence electrons. The Hall–Kier alpha value is -2.64. The van der Waals surface area contributed by atoms with Crippen molar-refractivity contribution in [3.63, 3.8) is 0 Å². The fourth-order valence-corrected chi connectivity index (χ4v) is 2.98. The van der Waals surface area contributed by atoms with Crippen LogP contribution >= 0.6 is 0 Å². The number of aromatic nitrogens is 4. The maximum Gasteiger partial charge on any atom is 0.258 e. The molecule has 0 aliphatic carbocycles. The maximum atomic E-state index is 12.4. The highest BCUT2D eigenvalue weighted by Gasteiger charge is 2.17. The Bertz CT molecular complexity index is 752. The first-order valence-electron chi connectivity index (χ1n) is 8.52. The Morgan fingerprint density at radius 1 is 1.28 bits per heavy atom. The zero-order chi connectivity index (χ0) is 17.8. The molecule has 2 aromatic heterocycles. The number of methoxy groups -OCH3 is 1. The zero-order valence-electron chi connectivity index (χ0n) is 14.9. The third kappa shape index (κ3) is 4.07. The van der Waals surface area contributed by atoms with E-state index in [1.54, 1.807) is 17.9 Å². The minimum Gasteiger partial charge on any atom is -0.479 e. The van der Waals surface area contributed by atoms with Crippen LogP contribution in [0, 0.1) is 6.92 Å². The number of hydrogen-bond donors (Lipinski definition) is 1. The van der Waals surface area contributed by atoms with Gasteiger partial charge in [0.1, 0.15) is 5.56 Å². The van der Waals surface area contributed by atoms with Crippen LogP contribution in [-0.4, -0.2) is 45.9 Å². The SMILES string of the molecule is COc1nn(C)cc1C(=O)NCc1cc(C)nc(N2CCCCC2)n1.